The number of methoxy groups -OCH3 is 1. The largest absolute Gasteiger partial charge is 0.497 e. The van der Waals surface area contributed by atoms with Crippen molar-refractivity contribution >= 4 is 11.8 Å². The molecule has 2 aromatic carbocycles. The van der Waals surface area contributed by atoms with E-state index in [1.807, 2.05) is 70.2 Å². The van der Waals surface area contributed by atoms with Crippen molar-refractivity contribution in [2.45, 2.75) is 46.7 Å². The van der Waals surface area contributed by atoms with Gasteiger partial charge in [-0.05, 0) is 62.1 Å². The number of carbonyl (C=O) groups is 2. The summed E-state index contributed by atoms with van der Waals surface area (Å²) in [5.74, 6) is 0.980. The van der Waals surface area contributed by atoms with E-state index in [9.17, 15) is 9.59 Å². The Morgan fingerprint density at radius 3 is 2.50 bits per heavy atom. The number of nitrogens with one attached hydrogen (secondary N) is 1. The Labute approximate surface area is 179 Å². The molecule has 2 amide bonds. The molecule has 0 aliphatic heterocycles. The van der Waals surface area contributed by atoms with E-state index >= 15 is 0 Å². The van der Waals surface area contributed by atoms with Gasteiger partial charge in [0.2, 0.25) is 5.91 Å². The van der Waals surface area contributed by atoms with Crippen LogP contribution in [0, 0.1) is 13.8 Å². The topological polar surface area (TPSA) is 67.9 Å². The zero-order valence-electron chi connectivity index (χ0n) is 18.5. The van der Waals surface area contributed by atoms with Gasteiger partial charge in [-0.2, -0.15) is 0 Å². The number of amides is 2. The van der Waals surface area contributed by atoms with Crippen LogP contribution in [0.4, 0.5) is 0 Å². The molecule has 162 valence electrons. The lowest BCUT2D eigenvalue weighted by molar-refractivity contribution is -0.142. The number of ether oxygens (including phenoxy) is 2. The molecular weight excluding hydrogens is 380 g/mol. The third-order valence-electron chi connectivity index (χ3n) is 5.13. The third kappa shape index (κ3) is 5.99. The molecule has 6 nitrogen and oxygen atoms in total. The van der Waals surface area contributed by atoms with Crippen LogP contribution in [0.1, 0.15) is 37.0 Å². The molecule has 0 spiro atoms. The molecule has 6 heteroatoms. The van der Waals surface area contributed by atoms with E-state index in [4.69, 9.17) is 9.47 Å². The van der Waals surface area contributed by atoms with Crippen LogP contribution in [-0.4, -0.2) is 43.0 Å². The highest BCUT2D eigenvalue weighted by Crippen LogP contribution is 2.21. The summed E-state index contributed by atoms with van der Waals surface area (Å²) in [5.41, 5.74) is 2.99. The summed E-state index contributed by atoms with van der Waals surface area (Å²) in [5, 5.41) is 2.83. The number of nitrogens with zero attached hydrogens (tertiary/aromatic N) is 1. The molecule has 0 saturated heterocycles. The van der Waals surface area contributed by atoms with Crippen LogP contribution >= 0.6 is 0 Å². The highest BCUT2D eigenvalue weighted by molar-refractivity contribution is 5.88. The first-order valence-corrected chi connectivity index (χ1v) is 10.3. The average Bonchev–Trinajstić information content (AvgIpc) is 2.74. The predicted molar refractivity (Wildman–Crippen MR) is 118 cm³/mol. The summed E-state index contributed by atoms with van der Waals surface area (Å²) < 4.78 is 11.1. The summed E-state index contributed by atoms with van der Waals surface area (Å²) in [6.45, 7) is 8.40. The lowest BCUT2D eigenvalue weighted by Crippen LogP contribution is -2.50. The molecule has 0 aliphatic rings. The second-order valence-corrected chi connectivity index (χ2v) is 7.18. The van der Waals surface area contributed by atoms with E-state index in [1.165, 1.54) is 0 Å². The molecule has 2 rings (SSSR count). The molecule has 1 atom stereocenters. The van der Waals surface area contributed by atoms with Gasteiger partial charge in [-0.3, -0.25) is 9.59 Å². The van der Waals surface area contributed by atoms with Crippen LogP contribution in [0.25, 0.3) is 0 Å². The van der Waals surface area contributed by atoms with Crippen LogP contribution in [0.5, 0.6) is 11.5 Å². The van der Waals surface area contributed by atoms with Crippen molar-refractivity contribution in [1.82, 2.24) is 10.2 Å². The number of rotatable bonds is 10. The summed E-state index contributed by atoms with van der Waals surface area (Å²) in [6.07, 6.45) is 0.505. The number of aryl methyl sites for hydroxylation is 1. The zero-order chi connectivity index (χ0) is 22.1. The fourth-order valence-electron chi connectivity index (χ4n) is 3.28. The van der Waals surface area contributed by atoms with E-state index in [0.29, 0.717) is 31.0 Å². The fourth-order valence-corrected chi connectivity index (χ4v) is 3.28. The van der Waals surface area contributed by atoms with Gasteiger partial charge in [0, 0.05) is 13.1 Å². The minimum atomic E-state index is -0.578. The maximum absolute atomic E-state index is 13.2. The number of hydrogen-bond donors (Lipinski definition) is 1. The van der Waals surface area contributed by atoms with Gasteiger partial charge in [0.25, 0.3) is 5.91 Å². The normalized spacial score (nSPS) is 11.5. The zero-order valence-corrected chi connectivity index (χ0v) is 18.5. The molecule has 0 saturated carbocycles. The third-order valence-corrected chi connectivity index (χ3v) is 5.13. The van der Waals surface area contributed by atoms with Gasteiger partial charge in [0.15, 0.2) is 6.61 Å². The highest BCUT2D eigenvalue weighted by atomic mass is 16.5. The molecule has 2 aromatic rings. The Kier molecular flexibility index (Phi) is 8.71. The van der Waals surface area contributed by atoms with Gasteiger partial charge >= 0.3 is 0 Å². The number of hydrogen-bond acceptors (Lipinski definition) is 4. The second-order valence-electron chi connectivity index (χ2n) is 7.18. The van der Waals surface area contributed by atoms with Crippen molar-refractivity contribution in [1.29, 1.82) is 0 Å². The van der Waals surface area contributed by atoms with Crippen molar-refractivity contribution < 1.29 is 19.1 Å². The number of benzene rings is 2. The van der Waals surface area contributed by atoms with Crippen LogP contribution in [0.2, 0.25) is 0 Å². The summed E-state index contributed by atoms with van der Waals surface area (Å²) >= 11 is 0. The summed E-state index contributed by atoms with van der Waals surface area (Å²) in [4.78, 5) is 27.4. The molecule has 0 aliphatic carbocycles. The maximum Gasteiger partial charge on any atom is 0.261 e. The molecule has 0 aromatic heterocycles. The molecule has 0 bridgehead atoms. The van der Waals surface area contributed by atoms with E-state index in [0.717, 1.165) is 16.7 Å². The van der Waals surface area contributed by atoms with Crippen LogP contribution in [0.3, 0.4) is 0 Å². The van der Waals surface area contributed by atoms with E-state index in [-0.39, 0.29) is 18.4 Å². The van der Waals surface area contributed by atoms with Crippen molar-refractivity contribution in [3.8, 4) is 11.5 Å². The second kappa shape index (κ2) is 11.2. The van der Waals surface area contributed by atoms with E-state index in [1.54, 1.807) is 12.0 Å². The average molecular weight is 413 g/mol. The lowest BCUT2D eigenvalue weighted by Gasteiger charge is -2.30. The Morgan fingerprint density at radius 2 is 1.83 bits per heavy atom. The monoisotopic (exact) mass is 412 g/mol. The van der Waals surface area contributed by atoms with Gasteiger partial charge in [0.1, 0.15) is 17.5 Å². The molecule has 0 radical (unpaired) electrons. The summed E-state index contributed by atoms with van der Waals surface area (Å²) in [6, 6.07) is 12.7. The van der Waals surface area contributed by atoms with Crippen LogP contribution < -0.4 is 14.8 Å². The minimum absolute atomic E-state index is 0.135. The number of carbonyl (C=O) groups excluding carboxylic acids is 2. The first-order valence-electron chi connectivity index (χ1n) is 10.3. The Morgan fingerprint density at radius 1 is 1.10 bits per heavy atom. The molecular formula is C24H32N2O4. The van der Waals surface area contributed by atoms with Crippen molar-refractivity contribution in [2.75, 3.05) is 20.3 Å². The van der Waals surface area contributed by atoms with E-state index < -0.39 is 6.04 Å². The van der Waals surface area contributed by atoms with Crippen LogP contribution in [0.15, 0.2) is 42.5 Å². The van der Waals surface area contributed by atoms with Gasteiger partial charge < -0.3 is 19.7 Å². The Bertz CT molecular complexity index is 866. The van der Waals surface area contributed by atoms with E-state index in [2.05, 4.69) is 5.32 Å². The standard InChI is InChI=1S/C24H32N2O4/c1-6-21(24(28)25-7-2)26(15-19-11-9-12-20(14-19)29-5)23(27)16-30-22-13-8-10-17(3)18(22)4/h8-14,21H,6-7,15-16H2,1-5H3,(H,25,28)/t21-/m1/s1. The smallest absolute Gasteiger partial charge is 0.261 e. The van der Waals surface area contributed by atoms with Gasteiger partial charge in [-0.1, -0.05) is 31.2 Å². The lowest BCUT2D eigenvalue weighted by atomic mass is 10.1. The SMILES string of the molecule is CCNC(=O)[C@@H](CC)N(Cc1cccc(OC)c1)C(=O)COc1cccc(C)c1C. The molecule has 0 unspecified atom stereocenters. The first kappa shape index (κ1) is 23.3. The number of likely N-dealkylation sites (N-methyl/N-ethyl adjacent to an activating group) is 1. The molecule has 0 fully saturated rings. The predicted octanol–water partition coefficient (Wildman–Crippen LogP) is 3.63. The van der Waals surface area contributed by atoms with Gasteiger partial charge in [-0.25, -0.2) is 0 Å². The molecule has 0 heterocycles. The van der Waals surface area contributed by atoms with Gasteiger partial charge in [-0.15, -0.1) is 0 Å². The fraction of sp³-hybridized carbons (Fsp3) is 0.417. The van der Waals surface area contributed by atoms with Crippen molar-refractivity contribution in [2.24, 2.45) is 0 Å². The Balaban J connectivity index is 2.25. The molecule has 30 heavy (non-hydrogen) atoms. The quantitative estimate of drug-likeness (QED) is 0.647. The minimum Gasteiger partial charge on any atom is -0.497 e. The molecule has 1 N–H and O–H groups in total. The summed E-state index contributed by atoms with van der Waals surface area (Å²) in [7, 11) is 1.60. The first-order chi connectivity index (χ1) is 14.4. The van der Waals surface area contributed by atoms with Crippen LogP contribution in [-0.2, 0) is 16.1 Å². The van der Waals surface area contributed by atoms with Gasteiger partial charge in [0.05, 0.1) is 7.11 Å². The maximum atomic E-state index is 13.2. The Hall–Kier alpha value is -3.02. The van der Waals surface area contributed by atoms with Crippen molar-refractivity contribution in [3.05, 3.63) is 59.2 Å². The highest BCUT2D eigenvalue weighted by Gasteiger charge is 2.28. The van der Waals surface area contributed by atoms with Crippen molar-refractivity contribution in [3.63, 3.8) is 0 Å².